The Balaban J connectivity index is 1.77. The molecule has 0 saturated carbocycles. The average molecular weight is 428 g/mol. The van der Waals surface area contributed by atoms with Crippen LogP contribution in [0.4, 0.5) is 5.69 Å². The van der Waals surface area contributed by atoms with Gasteiger partial charge in [-0.1, -0.05) is 48.5 Å². The third-order valence-electron chi connectivity index (χ3n) is 4.46. The fourth-order valence-corrected chi connectivity index (χ4v) is 2.97. The Labute approximate surface area is 187 Å². The molecule has 0 radical (unpaired) electrons. The molecule has 1 unspecified atom stereocenters. The van der Waals surface area contributed by atoms with Crippen molar-refractivity contribution < 1.29 is 9.53 Å². The van der Waals surface area contributed by atoms with Crippen LogP contribution in [0.5, 0.6) is 5.75 Å². The van der Waals surface area contributed by atoms with Crippen molar-refractivity contribution >= 4 is 17.9 Å². The largest absolute Gasteiger partial charge is 0.486 e. The minimum Gasteiger partial charge on any atom is -0.486 e. The molecule has 3 rings (SSSR count). The summed E-state index contributed by atoms with van der Waals surface area (Å²) < 4.78 is 6.26. The summed E-state index contributed by atoms with van der Waals surface area (Å²) in [5.74, 6) is 0.550. The van der Waals surface area contributed by atoms with Crippen molar-refractivity contribution in [3.05, 3.63) is 79.1 Å². The minimum atomic E-state index is -0.415. The van der Waals surface area contributed by atoms with Crippen molar-refractivity contribution in [2.75, 3.05) is 18.1 Å². The van der Waals surface area contributed by atoms with E-state index >= 15 is 0 Å². The maximum Gasteiger partial charge on any atom is 0.217 e. The van der Waals surface area contributed by atoms with Crippen LogP contribution in [0.25, 0.3) is 11.1 Å². The number of rotatable bonds is 10. The van der Waals surface area contributed by atoms with E-state index < -0.39 is 6.10 Å². The number of anilines is 1. The molecule has 1 heterocycles. The van der Waals surface area contributed by atoms with E-state index in [1.54, 1.807) is 24.5 Å². The molecule has 1 amide bonds. The highest BCUT2D eigenvalue weighted by molar-refractivity contribution is 5.78. The van der Waals surface area contributed by atoms with Gasteiger partial charge in [0.2, 0.25) is 5.91 Å². The van der Waals surface area contributed by atoms with Crippen molar-refractivity contribution in [2.45, 2.75) is 13.0 Å². The zero-order valence-corrected chi connectivity index (χ0v) is 17.7. The topological polar surface area (TPSA) is 103 Å². The number of pyridine rings is 1. The molecule has 0 aliphatic rings. The predicted octanol–water partition coefficient (Wildman–Crippen LogP) is 3.15. The number of benzene rings is 2. The second-order valence-corrected chi connectivity index (χ2v) is 6.82. The van der Waals surface area contributed by atoms with E-state index in [4.69, 9.17) is 10.00 Å². The molecule has 2 aromatic carbocycles. The maximum absolute atomic E-state index is 11.5. The smallest absolute Gasteiger partial charge is 0.217 e. The number of nitriles is 1. The van der Waals surface area contributed by atoms with Gasteiger partial charge in [0.15, 0.2) is 6.19 Å². The molecule has 8 nitrogen and oxygen atoms in total. The number of carbonyl (C=O) groups excluding carboxylic acids is 1. The predicted molar refractivity (Wildman–Crippen MR) is 124 cm³/mol. The number of carbonyl (C=O) groups is 1. The zero-order chi connectivity index (χ0) is 22.6. The molecule has 0 saturated heterocycles. The molecular formula is C24H24N6O2. The highest BCUT2D eigenvalue weighted by atomic mass is 16.5. The number of amides is 1. The summed E-state index contributed by atoms with van der Waals surface area (Å²) in [6, 6.07) is 21.2. The van der Waals surface area contributed by atoms with Gasteiger partial charge in [0.1, 0.15) is 18.2 Å². The summed E-state index contributed by atoms with van der Waals surface area (Å²) in [4.78, 5) is 19.9. The Morgan fingerprint density at radius 2 is 1.88 bits per heavy atom. The van der Waals surface area contributed by atoms with Gasteiger partial charge < -0.3 is 10.1 Å². The van der Waals surface area contributed by atoms with E-state index in [1.807, 2.05) is 60.8 Å². The minimum absolute atomic E-state index is 0.150. The van der Waals surface area contributed by atoms with Gasteiger partial charge >= 0.3 is 0 Å². The first-order valence-corrected chi connectivity index (χ1v) is 10.1. The van der Waals surface area contributed by atoms with Crippen LogP contribution in [-0.4, -0.2) is 36.4 Å². The normalized spacial score (nSPS) is 11.4. The Kier molecular flexibility index (Phi) is 8.17. The highest BCUT2D eigenvalue weighted by Crippen LogP contribution is 2.30. The number of para-hydroxylation sites is 1. The van der Waals surface area contributed by atoms with Gasteiger partial charge in [-0.05, 0) is 23.8 Å². The number of ether oxygens (including phenoxy) is 1. The van der Waals surface area contributed by atoms with Gasteiger partial charge in [-0.15, -0.1) is 0 Å². The first-order chi connectivity index (χ1) is 15.7. The van der Waals surface area contributed by atoms with Gasteiger partial charge in [0, 0.05) is 24.9 Å². The molecule has 1 atom stereocenters. The lowest BCUT2D eigenvalue weighted by molar-refractivity contribution is -0.119. The number of hydrogen-bond donors (Lipinski definition) is 2. The van der Waals surface area contributed by atoms with Crippen LogP contribution in [0.15, 0.2) is 84.1 Å². The second-order valence-electron chi connectivity index (χ2n) is 6.82. The van der Waals surface area contributed by atoms with Crippen molar-refractivity contribution in [1.82, 2.24) is 15.7 Å². The molecule has 0 aliphatic heterocycles. The molecule has 0 aliphatic carbocycles. The van der Waals surface area contributed by atoms with E-state index in [-0.39, 0.29) is 19.0 Å². The lowest BCUT2D eigenvalue weighted by Gasteiger charge is -2.21. The van der Waals surface area contributed by atoms with Crippen LogP contribution in [0.1, 0.15) is 6.92 Å². The lowest BCUT2D eigenvalue weighted by Crippen LogP contribution is -2.37. The molecule has 162 valence electrons. The summed E-state index contributed by atoms with van der Waals surface area (Å²) in [5.41, 5.74) is 5.25. The molecule has 32 heavy (non-hydrogen) atoms. The third-order valence-corrected chi connectivity index (χ3v) is 4.46. The highest BCUT2D eigenvalue weighted by Gasteiger charge is 2.14. The van der Waals surface area contributed by atoms with E-state index in [2.05, 4.69) is 20.7 Å². The summed E-state index contributed by atoms with van der Waals surface area (Å²) in [7, 11) is 0. The van der Waals surface area contributed by atoms with E-state index in [0.717, 1.165) is 11.1 Å². The van der Waals surface area contributed by atoms with Crippen molar-refractivity contribution in [3.8, 4) is 23.1 Å². The van der Waals surface area contributed by atoms with Crippen molar-refractivity contribution in [3.63, 3.8) is 0 Å². The van der Waals surface area contributed by atoms with Crippen LogP contribution in [0.3, 0.4) is 0 Å². The zero-order valence-electron chi connectivity index (χ0n) is 17.7. The molecule has 0 bridgehead atoms. The summed E-state index contributed by atoms with van der Waals surface area (Å²) in [5, 5.41) is 13.3. The van der Waals surface area contributed by atoms with Gasteiger partial charge in [0.25, 0.3) is 0 Å². The van der Waals surface area contributed by atoms with Crippen molar-refractivity contribution in [1.29, 1.82) is 5.26 Å². The van der Waals surface area contributed by atoms with E-state index in [9.17, 15) is 4.79 Å². The Morgan fingerprint density at radius 3 is 2.59 bits per heavy atom. The number of aromatic nitrogens is 1. The fraction of sp³-hybridized carbons (Fsp3) is 0.167. The standard InChI is InChI=1S/C24H24N6O2/c1-19(31)28-16-22(15-27-18-30(29-17-25)21-11-13-26-14-12-21)32-24-10-6-5-9-23(24)20-7-3-2-4-8-20/h2-14,18,22,29H,15-16H2,1H3,(H,28,31). The Morgan fingerprint density at radius 1 is 1.16 bits per heavy atom. The SMILES string of the molecule is CC(=O)NCC(CN=CN(NC#N)c1ccncc1)Oc1ccccc1-c1ccccc1. The average Bonchev–Trinajstić information content (AvgIpc) is 2.83. The number of nitrogens with one attached hydrogen (secondary N) is 2. The summed E-state index contributed by atoms with van der Waals surface area (Å²) in [6.45, 7) is 2.01. The molecule has 0 spiro atoms. The summed E-state index contributed by atoms with van der Waals surface area (Å²) in [6.07, 6.45) is 6.22. The molecule has 3 aromatic rings. The number of nitrogens with zero attached hydrogens (tertiary/aromatic N) is 4. The fourth-order valence-electron chi connectivity index (χ4n) is 2.97. The molecule has 8 heteroatoms. The Hall–Kier alpha value is -4.38. The van der Waals surface area contributed by atoms with Crippen LogP contribution in [-0.2, 0) is 4.79 Å². The first-order valence-electron chi connectivity index (χ1n) is 10.1. The number of aliphatic imine (C=N–C) groups is 1. The monoisotopic (exact) mass is 428 g/mol. The lowest BCUT2D eigenvalue weighted by atomic mass is 10.0. The third kappa shape index (κ3) is 6.57. The van der Waals surface area contributed by atoms with Crippen LogP contribution < -0.4 is 20.5 Å². The second kappa shape index (κ2) is 11.7. The maximum atomic E-state index is 11.5. The number of hydrazine groups is 1. The van der Waals surface area contributed by atoms with Crippen LogP contribution >= 0.6 is 0 Å². The van der Waals surface area contributed by atoms with Crippen LogP contribution in [0.2, 0.25) is 0 Å². The molecule has 0 fully saturated rings. The summed E-state index contributed by atoms with van der Waals surface area (Å²) >= 11 is 0. The van der Waals surface area contributed by atoms with Gasteiger partial charge in [-0.3, -0.25) is 14.8 Å². The molecule has 1 aromatic heterocycles. The molecular weight excluding hydrogens is 404 g/mol. The van der Waals surface area contributed by atoms with Gasteiger partial charge in [-0.25, -0.2) is 10.4 Å². The van der Waals surface area contributed by atoms with Gasteiger partial charge in [0.05, 0.1) is 18.8 Å². The number of hydrogen-bond acceptors (Lipinski definition) is 6. The first kappa shape index (κ1) is 22.3. The van der Waals surface area contributed by atoms with Crippen LogP contribution in [0, 0.1) is 11.5 Å². The quantitative estimate of drug-likeness (QED) is 0.169. The molecule has 2 N–H and O–H groups in total. The Bertz CT molecular complexity index is 1070. The van der Waals surface area contributed by atoms with E-state index in [1.165, 1.54) is 18.3 Å². The van der Waals surface area contributed by atoms with Crippen molar-refractivity contribution in [2.24, 2.45) is 4.99 Å². The van der Waals surface area contributed by atoms with E-state index in [0.29, 0.717) is 11.4 Å². The van der Waals surface area contributed by atoms with Gasteiger partial charge in [-0.2, -0.15) is 5.26 Å².